The lowest BCUT2D eigenvalue weighted by atomic mass is 10.1. The number of hydrogen-bond acceptors (Lipinski definition) is 5. The van der Waals surface area contributed by atoms with E-state index >= 15 is 0 Å². The van der Waals surface area contributed by atoms with Crippen LogP contribution < -0.4 is 10.1 Å². The molecule has 19 heavy (non-hydrogen) atoms. The zero-order valence-electron chi connectivity index (χ0n) is 11.8. The lowest BCUT2D eigenvalue weighted by molar-refractivity contribution is 0.408. The third kappa shape index (κ3) is 3.81. The minimum absolute atomic E-state index is 0.117. The van der Waals surface area contributed by atoms with Crippen molar-refractivity contribution in [1.29, 1.82) is 0 Å². The number of methoxy groups -OCH3 is 1. The van der Waals surface area contributed by atoms with Crippen LogP contribution in [0.3, 0.4) is 0 Å². The number of hydrogen-bond donors (Lipinski definition) is 1. The van der Waals surface area contributed by atoms with E-state index in [1.54, 1.807) is 24.6 Å². The average Bonchev–Trinajstić information content (AvgIpc) is 2.93. The second kappa shape index (κ2) is 5.75. The molecule has 2 heterocycles. The molecular weight excluding hydrogens is 260 g/mol. The van der Waals surface area contributed by atoms with E-state index < -0.39 is 0 Å². The van der Waals surface area contributed by atoms with Crippen LogP contribution in [0.4, 0.5) is 0 Å². The first-order valence-corrected chi connectivity index (χ1v) is 7.19. The van der Waals surface area contributed by atoms with Crippen LogP contribution in [0.5, 0.6) is 5.75 Å². The van der Waals surface area contributed by atoms with Crippen molar-refractivity contribution in [3.8, 4) is 16.4 Å². The Hall–Kier alpha value is -1.33. The first-order chi connectivity index (χ1) is 8.99. The van der Waals surface area contributed by atoms with Crippen molar-refractivity contribution >= 4 is 11.3 Å². The van der Waals surface area contributed by atoms with Gasteiger partial charge in [0.1, 0.15) is 10.6 Å². The third-order valence-corrected chi connectivity index (χ3v) is 3.53. The first-order valence-electron chi connectivity index (χ1n) is 6.31. The lowest BCUT2D eigenvalue weighted by Crippen LogP contribution is -2.37. The van der Waals surface area contributed by atoms with Crippen LogP contribution in [0.15, 0.2) is 22.1 Å². The fourth-order valence-corrected chi connectivity index (χ4v) is 2.52. The maximum Gasteiger partial charge on any atom is 0.196 e. The summed E-state index contributed by atoms with van der Waals surface area (Å²) >= 11 is 1.59. The van der Waals surface area contributed by atoms with E-state index in [4.69, 9.17) is 9.15 Å². The highest BCUT2D eigenvalue weighted by Crippen LogP contribution is 2.35. The fourth-order valence-electron chi connectivity index (χ4n) is 1.71. The van der Waals surface area contributed by atoms with Crippen LogP contribution >= 0.6 is 11.3 Å². The molecule has 4 nitrogen and oxygen atoms in total. The van der Waals surface area contributed by atoms with Gasteiger partial charge in [-0.2, -0.15) is 0 Å². The molecule has 0 aliphatic heterocycles. The zero-order valence-corrected chi connectivity index (χ0v) is 12.6. The fraction of sp³-hybridized carbons (Fsp3) is 0.500. The zero-order chi connectivity index (χ0) is 13.9. The predicted octanol–water partition coefficient (Wildman–Crippen LogP) is 3.34. The standard InChI is InChI=1S/C14H20N2O2S/c1-14(2,3)16-7-5-12-15-9-11(18-12)13-10(17-4)6-8-19-13/h6,8-9,16H,5,7H2,1-4H3. The maximum atomic E-state index is 5.76. The summed E-state index contributed by atoms with van der Waals surface area (Å²) in [6.45, 7) is 7.28. The van der Waals surface area contributed by atoms with Gasteiger partial charge >= 0.3 is 0 Å². The Labute approximate surface area is 117 Å². The smallest absolute Gasteiger partial charge is 0.196 e. The molecule has 0 aliphatic carbocycles. The van der Waals surface area contributed by atoms with E-state index in [2.05, 4.69) is 31.1 Å². The van der Waals surface area contributed by atoms with Crippen LogP contribution in [0.1, 0.15) is 26.7 Å². The molecule has 0 saturated carbocycles. The van der Waals surface area contributed by atoms with Gasteiger partial charge in [0.15, 0.2) is 11.7 Å². The normalized spacial score (nSPS) is 11.8. The van der Waals surface area contributed by atoms with Crippen molar-refractivity contribution in [3.05, 3.63) is 23.5 Å². The van der Waals surface area contributed by atoms with E-state index in [1.165, 1.54) is 0 Å². The highest BCUT2D eigenvalue weighted by atomic mass is 32.1. The van der Waals surface area contributed by atoms with Crippen LogP contribution in [-0.2, 0) is 6.42 Å². The molecule has 0 saturated heterocycles. The molecule has 1 N–H and O–H groups in total. The summed E-state index contributed by atoms with van der Waals surface area (Å²) in [5.74, 6) is 2.36. The van der Waals surface area contributed by atoms with E-state index in [0.29, 0.717) is 0 Å². The predicted molar refractivity (Wildman–Crippen MR) is 77.8 cm³/mol. The quantitative estimate of drug-likeness (QED) is 0.912. The largest absolute Gasteiger partial charge is 0.495 e. The second-order valence-electron chi connectivity index (χ2n) is 5.36. The summed E-state index contributed by atoms with van der Waals surface area (Å²) in [4.78, 5) is 5.30. The van der Waals surface area contributed by atoms with Gasteiger partial charge in [-0.3, -0.25) is 0 Å². The van der Waals surface area contributed by atoms with E-state index in [9.17, 15) is 0 Å². The van der Waals surface area contributed by atoms with Gasteiger partial charge in [0, 0.05) is 18.5 Å². The molecule has 104 valence electrons. The molecule has 2 rings (SSSR count). The van der Waals surface area contributed by atoms with Crippen molar-refractivity contribution in [2.45, 2.75) is 32.7 Å². The molecule has 0 spiro atoms. The summed E-state index contributed by atoms with van der Waals surface area (Å²) < 4.78 is 11.0. The van der Waals surface area contributed by atoms with Gasteiger partial charge in [-0.15, -0.1) is 11.3 Å². The first kappa shape index (κ1) is 14.1. The molecule has 2 aromatic heterocycles. The van der Waals surface area contributed by atoms with Crippen LogP contribution in [0.2, 0.25) is 0 Å². The van der Waals surface area contributed by atoms with Crippen molar-refractivity contribution in [2.75, 3.05) is 13.7 Å². The van der Waals surface area contributed by atoms with E-state index in [-0.39, 0.29) is 5.54 Å². The number of oxazole rings is 1. The molecule has 5 heteroatoms. The summed E-state index contributed by atoms with van der Waals surface area (Å²) in [5, 5.41) is 5.40. The highest BCUT2D eigenvalue weighted by Gasteiger charge is 2.13. The SMILES string of the molecule is COc1ccsc1-c1cnc(CCNC(C)(C)C)o1. The highest BCUT2D eigenvalue weighted by molar-refractivity contribution is 7.13. The number of aromatic nitrogens is 1. The number of nitrogens with one attached hydrogen (secondary N) is 1. The maximum absolute atomic E-state index is 5.76. The Morgan fingerprint density at radius 3 is 2.89 bits per heavy atom. The molecule has 0 atom stereocenters. The average molecular weight is 280 g/mol. The summed E-state index contributed by atoms with van der Waals surface area (Å²) in [5.41, 5.74) is 0.117. The Kier molecular flexibility index (Phi) is 4.27. The third-order valence-electron chi connectivity index (χ3n) is 2.62. The molecule has 0 aromatic carbocycles. The molecule has 0 radical (unpaired) electrons. The van der Waals surface area contributed by atoms with E-state index in [0.717, 1.165) is 35.2 Å². The topological polar surface area (TPSA) is 47.3 Å². The molecule has 0 unspecified atom stereocenters. The van der Waals surface area contributed by atoms with Crippen LogP contribution in [0.25, 0.3) is 10.6 Å². The Morgan fingerprint density at radius 1 is 1.42 bits per heavy atom. The van der Waals surface area contributed by atoms with E-state index in [1.807, 2.05) is 11.4 Å². The molecule has 2 aromatic rings. The van der Waals surface area contributed by atoms with Gasteiger partial charge in [0.05, 0.1) is 13.3 Å². The monoisotopic (exact) mass is 280 g/mol. The van der Waals surface area contributed by atoms with Gasteiger partial charge in [-0.1, -0.05) is 0 Å². The van der Waals surface area contributed by atoms with Crippen LogP contribution in [0, 0.1) is 0 Å². The van der Waals surface area contributed by atoms with Gasteiger partial charge in [0.25, 0.3) is 0 Å². The summed E-state index contributed by atoms with van der Waals surface area (Å²) in [6, 6.07) is 1.93. The summed E-state index contributed by atoms with van der Waals surface area (Å²) in [6.07, 6.45) is 2.55. The number of ether oxygens (including phenoxy) is 1. The lowest BCUT2D eigenvalue weighted by Gasteiger charge is -2.19. The Balaban J connectivity index is 2.00. The number of thiophene rings is 1. The van der Waals surface area contributed by atoms with Crippen LogP contribution in [-0.4, -0.2) is 24.2 Å². The van der Waals surface area contributed by atoms with Gasteiger partial charge < -0.3 is 14.5 Å². The molecule has 0 aliphatic rings. The second-order valence-corrected chi connectivity index (χ2v) is 6.28. The summed E-state index contributed by atoms with van der Waals surface area (Å²) in [7, 11) is 1.66. The van der Waals surface area contributed by atoms with Crippen molar-refractivity contribution in [2.24, 2.45) is 0 Å². The number of nitrogens with zero attached hydrogens (tertiary/aromatic N) is 1. The molecular formula is C14H20N2O2S. The van der Waals surface area contributed by atoms with Crippen molar-refractivity contribution in [1.82, 2.24) is 10.3 Å². The molecule has 0 amide bonds. The van der Waals surface area contributed by atoms with Crippen molar-refractivity contribution < 1.29 is 9.15 Å². The van der Waals surface area contributed by atoms with Gasteiger partial charge in [-0.05, 0) is 32.2 Å². The van der Waals surface area contributed by atoms with Gasteiger partial charge in [-0.25, -0.2) is 4.98 Å². The minimum Gasteiger partial charge on any atom is -0.495 e. The molecule has 0 fully saturated rings. The Morgan fingerprint density at radius 2 is 2.21 bits per heavy atom. The Bertz CT molecular complexity index is 526. The van der Waals surface area contributed by atoms with Crippen molar-refractivity contribution in [3.63, 3.8) is 0 Å². The minimum atomic E-state index is 0.117. The molecule has 0 bridgehead atoms. The van der Waals surface area contributed by atoms with Gasteiger partial charge in [0.2, 0.25) is 0 Å². The number of rotatable bonds is 5.